The van der Waals surface area contributed by atoms with Crippen LogP contribution in [0.5, 0.6) is 0 Å². The molecule has 1 aliphatic heterocycles. The quantitative estimate of drug-likeness (QED) is 0.886. The summed E-state index contributed by atoms with van der Waals surface area (Å²) in [4.78, 5) is 0. The van der Waals surface area contributed by atoms with Crippen LogP contribution in [-0.4, -0.2) is 18.2 Å². The molecule has 1 saturated heterocycles. The number of hydrogen-bond donors (Lipinski definition) is 1. The molecule has 2 unspecified atom stereocenters. The zero-order chi connectivity index (χ0) is 13.9. The lowest BCUT2D eigenvalue weighted by Crippen LogP contribution is -2.44. The molecule has 2 rings (SSSR count). The molecule has 0 radical (unpaired) electrons. The van der Waals surface area contributed by atoms with Crippen molar-refractivity contribution in [1.29, 1.82) is 0 Å². The van der Waals surface area contributed by atoms with Crippen LogP contribution in [0.4, 0.5) is 0 Å². The third-order valence-corrected chi connectivity index (χ3v) is 4.07. The highest BCUT2D eigenvalue weighted by atomic mass is 35.5. The van der Waals surface area contributed by atoms with E-state index in [-0.39, 0.29) is 5.60 Å². The monoisotopic (exact) mass is 281 g/mol. The smallest absolute Gasteiger partial charge is 0.0641 e. The minimum absolute atomic E-state index is 0.00575. The summed E-state index contributed by atoms with van der Waals surface area (Å²) in [6, 6.07) is 9.10. The first-order valence-electron chi connectivity index (χ1n) is 7.15. The van der Waals surface area contributed by atoms with Gasteiger partial charge in [-0.3, -0.25) is 0 Å². The van der Waals surface area contributed by atoms with Gasteiger partial charge in [-0.25, -0.2) is 0 Å². The summed E-state index contributed by atoms with van der Waals surface area (Å²) in [5.74, 6) is 0. The van der Waals surface area contributed by atoms with Gasteiger partial charge in [-0.1, -0.05) is 30.7 Å². The van der Waals surface area contributed by atoms with E-state index >= 15 is 0 Å². The van der Waals surface area contributed by atoms with E-state index in [4.69, 9.17) is 16.3 Å². The fourth-order valence-electron chi connectivity index (χ4n) is 2.80. The normalized spacial score (nSPS) is 24.1. The number of benzene rings is 1. The number of ether oxygens (including phenoxy) is 1. The van der Waals surface area contributed by atoms with Gasteiger partial charge in [0.2, 0.25) is 0 Å². The molecule has 0 spiro atoms. The second-order valence-corrected chi connectivity index (χ2v) is 6.41. The van der Waals surface area contributed by atoms with Crippen molar-refractivity contribution in [2.45, 2.75) is 57.7 Å². The van der Waals surface area contributed by atoms with Crippen LogP contribution in [0.1, 0.15) is 51.6 Å². The Hall–Kier alpha value is -0.570. The van der Waals surface area contributed by atoms with Gasteiger partial charge in [-0.2, -0.15) is 0 Å². The van der Waals surface area contributed by atoms with Crippen LogP contribution in [-0.2, 0) is 4.74 Å². The minimum Gasteiger partial charge on any atom is -0.375 e. The van der Waals surface area contributed by atoms with Crippen LogP contribution in [0.3, 0.4) is 0 Å². The predicted octanol–water partition coefficient (Wildman–Crippen LogP) is 4.34. The summed E-state index contributed by atoms with van der Waals surface area (Å²) in [7, 11) is 0. The highest BCUT2D eigenvalue weighted by Gasteiger charge is 2.29. The molecule has 0 amide bonds. The van der Waals surface area contributed by atoms with Crippen LogP contribution < -0.4 is 5.32 Å². The second-order valence-electron chi connectivity index (χ2n) is 5.98. The van der Waals surface area contributed by atoms with Gasteiger partial charge in [0.15, 0.2) is 0 Å². The number of rotatable bonds is 4. The zero-order valence-electron chi connectivity index (χ0n) is 12.1. The summed E-state index contributed by atoms with van der Waals surface area (Å²) in [6.45, 7) is 7.41. The highest BCUT2D eigenvalue weighted by molar-refractivity contribution is 6.30. The maximum atomic E-state index is 5.95. The van der Waals surface area contributed by atoms with Gasteiger partial charge < -0.3 is 10.1 Å². The third-order valence-electron chi connectivity index (χ3n) is 3.81. The van der Waals surface area contributed by atoms with Gasteiger partial charge in [0.1, 0.15) is 0 Å². The topological polar surface area (TPSA) is 21.3 Å². The Morgan fingerprint density at radius 3 is 2.63 bits per heavy atom. The summed E-state index contributed by atoms with van der Waals surface area (Å²) < 4.78 is 5.77. The van der Waals surface area contributed by atoms with Crippen LogP contribution in [0, 0.1) is 0 Å². The first kappa shape index (κ1) is 14.8. The summed E-state index contributed by atoms with van der Waals surface area (Å²) in [5.41, 5.74) is 1.31. The number of nitrogens with one attached hydrogen (secondary N) is 1. The van der Waals surface area contributed by atoms with E-state index in [1.54, 1.807) is 0 Å². The predicted molar refractivity (Wildman–Crippen MR) is 80.7 cm³/mol. The molecule has 0 aliphatic carbocycles. The fraction of sp³-hybridized carbons (Fsp3) is 0.625. The average Bonchev–Trinajstić information content (AvgIpc) is 2.36. The molecular formula is C16H24ClNO. The number of hydrogen-bond acceptors (Lipinski definition) is 2. The van der Waals surface area contributed by atoms with Crippen molar-refractivity contribution in [3.63, 3.8) is 0 Å². The van der Waals surface area contributed by atoms with Crippen LogP contribution in [0.2, 0.25) is 5.02 Å². The standard InChI is InChI=1S/C16H24ClNO/c1-4-15(12-5-7-13(17)8-6-12)18-14-9-10-19-16(2,3)11-14/h5-8,14-15,18H,4,9-11H2,1-3H3. The molecule has 1 N–H and O–H groups in total. The van der Waals surface area contributed by atoms with Crippen molar-refractivity contribution in [2.24, 2.45) is 0 Å². The Bertz CT molecular complexity index is 402. The lowest BCUT2D eigenvalue weighted by atomic mass is 9.92. The molecule has 1 aromatic carbocycles. The second kappa shape index (κ2) is 6.25. The van der Waals surface area contributed by atoms with Crippen molar-refractivity contribution in [1.82, 2.24) is 5.32 Å². The van der Waals surface area contributed by atoms with E-state index in [9.17, 15) is 0 Å². The van der Waals surface area contributed by atoms with Gasteiger partial charge in [0.25, 0.3) is 0 Å². The van der Waals surface area contributed by atoms with E-state index in [1.165, 1.54) is 5.56 Å². The van der Waals surface area contributed by atoms with Gasteiger partial charge in [0, 0.05) is 23.7 Å². The molecule has 0 saturated carbocycles. The highest BCUT2D eigenvalue weighted by Crippen LogP contribution is 2.27. The largest absolute Gasteiger partial charge is 0.375 e. The van der Waals surface area contributed by atoms with Crippen molar-refractivity contribution < 1.29 is 4.74 Å². The maximum Gasteiger partial charge on any atom is 0.0641 e. The van der Waals surface area contributed by atoms with Crippen LogP contribution in [0.25, 0.3) is 0 Å². The summed E-state index contributed by atoms with van der Waals surface area (Å²) >= 11 is 5.95. The van der Waals surface area contributed by atoms with Crippen molar-refractivity contribution in [3.05, 3.63) is 34.9 Å². The molecule has 106 valence electrons. The molecule has 19 heavy (non-hydrogen) atoms. The Morgan fingerprint density at radius 2 is 2.05 bits per heavy atom. The van der Waals surface area contributed by atoms with Crippen molar-refractivity contribution in [2.75, 3.05) is 6.61 Å². The zero-order valence-corrected chi connectivity index (χ0v) is 12.8. The Labute approximate surface area is 121 Å². The van der Waals surface area contributed by atoms with Crippen molar-refractivity contribution >= 4 is 11.6 Å². The lowest BCUT2D eigenvalue weighted by molar-refractivity contribution is -0.0642. The van der Waals surface area contributed by atoms with Gasteiger partial charge in [0.05, 0.1) is 5.60 Å². The van der Waals surface area contributed by atoms with Crippen molar-refractivity contribution in [3.8, 4) is 0 Å². The molecule has 2 atom stereocenters. The van der Waals surface area contributed by atoms with E-state index in [0.29, 0.717) is 12.1 Å². The first-order valence-corrected chi connectivity index (χ1v) is 7.53. The summed E-state index contributed by atoms with van der Waals surface area (Å²) in [5, 5.41) is 4.57. The molecule has 3 heteroatoms. The average molecular weight is 282 g/mol. The fourth-order valence-corrected chi connectivity index (χ4v) is 2.93. The Morgan fingerprint density at radius 1 is 1.37 bits per heavy atom. The third kappa shape index (κ3) is 4.20. The molecule has 1 fully saturated rings. The van der Waals surface area contributed by atoms with E-state index in [2.05, 4.69) is 38.2 Å². The Balaban J connectivity index is 2.01. The van der Waals surface area contributed by atoms with Crippen LogP contribution >= 0.6 is 11.6 Å². The summed E-state index contributed by atoms with van der Waals surface area (Å²) in [6.07, 6.45) is 3.24. The lowest BCUT2D eigenvalue weighted by Gasteiger charge is -2.37. The molecule has 0 bridgehead atoms. The first-order chi connectivity index (χ1) is 9.00. The molecule has 1 heterocycles. The number of halogens is 1. The Kier molecular flexibility index (Phi) is 4.88. The van der Waals surface area contributed by atoms with Gasteiger partial charge >= 0.3 is 0 Å². The molecular weight excluding hydrogens is 258 g/mol. The maximum absolute atomic E-state index is 5.95. The molecule has 0 aromatic heterocycles. The molecule has 1 aliphatic rings. The minimum atomic E-state index is -0.00575. The van der Waals surface area contributed by atoms with Crippen LogP contribution in [0.15, 0.2) is 24.3 Å². The van der Waals surface area contributed by atoms with Gasteiger partial charge in [-0.15, -0.1) is 0 Å². The molecule has 1 aromatic rings. The van der Waals surface area contributed by atoms with E-state index in [0.717, 1.165) is 30.9 Å². The SMILES string of the molecule is CCC(NC1CCOC(C)(C)C1)c1ccc(Cl)cc1. The van der Waals surface area contributed by atoms with E-state index < -0.39 is 0 Å². The van der Waals surface area contributed by atoms with Gasteiger partial charge in [-0.05, 0) is 50.8 Å². The van der Waals surface area contributed by atoms with E-state index in [1.807, 2.05) is 12.1 Å². The molecule has 2 nitrogen and oxygen atoms in total.